The van der Waals surface area contributed by atoms with Crippen molar-refractivity contribution in [3.05, 3.63) is 0 Å². The molecule has 0 atom stereocenters. The van der Waals surface area contributed by atoms with Gasteiger partial charge in [0.2, 0.25) is 0 Å². The Morgan fingerprint density at radius 3 is 0.375 bits per heavy atom. The molecule has 0 saturated heterocycles. The molecule has 0 spiro atoms. The third-order valence-electron chi connectivity index (χ3n) is 0. The van der Waals surface area contributed by atoms with E-state index in [4.69, 9.17) is 0 Å². The van der Waals surface area contributed by atoms with Gasteiger partial charge in [-0.25, -0.2) is 0 Å². The summed E-state index contributed by atoms with van der Waals surface area (Å²) in [6, 6.07) is 0. The number of hydrogen-bond acceptors (Lipinski definition) is 0. The van der Waals surface area contributed by atoms with Crippen LogP contribution in [0.15, 0.2) is 0 Å². The first-order chi connectivity index (χ1) is 0. The quantitative estimate of drug-likeness (QED) is 0.342. The van der Waals surface area contributed by atoms with Gasteiger partial charge < -0.3 is 0 Å². The maximum atomic E-state index is 0. The van der Waals surface area contributed by atoms with Gasteiger partial charge in [-0.15, -0.1) is 102 Å². The summed E-state index contributed by atoms with van der Waals surface area (Å²) in [5, 5.41) is 0. The maximum absolute atomic E-state index is 0. The van der Waals surface area contributed by atoms with Crippen LogP contribution >= 0.6 is 102 Å². The molecule has 0 unspecified atom stereocenters. The van der Waals surface area contributed by atoms with Gasteiger partial charge in [0.25, 0.3) is 0 Å². The summed E-state index contributed by atoms with van der Waals surface area (Å²) in [6.45, 7) is 0. The van der Waals surface area contributed by atoms with E-state index in [9.17, 15) is 0 Å². The van der Waals surface area contributed by atoms with Gasteiger partial charge >= 0.3 is 29.6 Å². The van der Waals surface area contributed by atoms with Gasteiger partial charge in [0, 0.05) is 20.1 Å². The first-order valence-corrected chi connectivity index (χ1v) is 0. The second-order valence-electron chi connectivity index (χ2n) is 0. The fourth-order valence-corrected chi connectivity index (χ4v) is 0. The van der Waals surface area contributed by atoms with Crippen LogP contribution in [0.4, 0.5) is 0 Å². The molecule has 0 fully saturated rings. The van der Waals surface area contributed by atoms with E-state index in [0.717, 1.165) is 0 Å². The van der Waals surface area contributed by atoms with Crippen LogP contribution in [0.1, 0.15) is 0 Å². The van der Waals surface area contributed by atoms with Crippen molar-refractivity contribution in [2.45, 2.75) is 0 Å². The average molecular weight is 702 g/mol. The molecule has 0 rings (SSSR count). The van der Waals surface area contributed by atoms with Crippen molar-refractivity contribution in [3.63, 3.8) is 0 Å². The summed E-state index contributed by atoms with van der Waals surface area (Å²) >= 11 is 0. The number of hydrogen-bond donors (Lipinski definition) is 0. The van der Waals surface area contributed by atoms with Crippen LogP contribution < -0.4 is 0 Å². The zero-order valence-corrected chi connectivity index (χ0v) is 15.5. The van der Waals surface area contributed by atoms with E-state index in [2.05, 4.69) is 0 Å². The van der Waals surface area contributed by atoms with E-state index in [1.807, 2.05) is 0 Å². The zero-order valence-electron chi connectivity index (χ0n) is 2.78. The van der Waals surface area contributed by atoms with Gasteiger partial charge in [-0.3, -0.25) is 0 Å². The summed E-state index contributed by atoms with van der Waals surface area (Å²) in [5.41, 5.74) is 0. The van der Waals surface area contributed by atoms with Crippen LogP contribution in [-0.4, -0.2) is 29.6 Å². The van der Waals surface area contributed by atoms with Crippen LogP contribution in [0.5, 0.6) is 0 Å². The topological polar surface area (TPSA) is 0 Å². The molecule has 0 aromatic heterocycles. The molecule has 0 aliphatic heterocycles. The van der Waals surface area contributed by atoms with Gasteiger partial charge in [-0.05, 0) is 0 Å². The molecular weight excluding hydrogens is 695 g/mol. The van der Waals surface area contributed by atoms with Crippen molar-refractivity contribution >= 4 is 131 Å². The van der Waals surface area contributed by atoms with E-state index in [-0.39, 0.29) is 152 Å². The molecule has 0 aliphatic rings. The third-order valence-corrected chi connectivity index (χ3v) is 0. The predicted octanol–water partition coefficient (Wildman–Crippen LogP) is 2.82. The molecule has 0 aliphatic carbocycles. The van der Waals surface area contributed by atoms with Crippen molar-refractivity contribution in [1.29, 1.82) is 0 Å². The van der Waals surface area contributed by atoms with Crippen LogP contribution in [0, 0.1) is 0 Å². The van der Waals surface area contributed by atoms with E-state index in [0.29, 0.717) is 0 Å². The standard InChI is InChI=1S/6BrH.Ir.Na.H/h6*1H;;;. The van der Waals surface area contributed by atoms with E-state index < -0.39 is 0 Å². The first-order valence-electron chi connectivity index (χ1n) is 0. The van der Waals surface area contributed by atoms with Gasteiger partial charge in [0.15, 0.2) is 0 Å². The fraction of sp³-hybridized carbons (Fsp3) is 0. The fourth-order valence-electron chi connectivity index (χ4n) is 0. The van der Waals surface area contributed by atoms with Crippen LogP contribution in [0.2, 0.25) is 0 Å². The Kier molecular flexibility index (Phi) is 632. The average Bonchev–Trinajstić information content (AvgIpc) is 0. The minimum atomic E-state index is 0. The van der Waals surface area contributed by atoms with Gasteiger partial charge in [0.1, 0.15) is 0 Å². The monoisotopic (exact) mass is 697 g/mol. The van der Waals surface area contributed by atoms with Crippen molar-refractivity contribution in [3.8, 4) is 0 Å². The van der Waals surface area contributed by atoms with Crippen molar-refractivity contribution in [2.24, 2.45) is 0 Å². The van der Waals surface area contributed by atoms with E-state index in [1.165, 1.54) is 0 Å². The number of rotatable bonds is 0. The Bertz CT molecular complexity index is 8.49. The zero-order chi connectivity index (χ0) is 0. The predicted molar refractivity (Wildman–Crippen MR) is 69.1 cm³/mol. The summed E-state index contributed by atoms with van der Waals surface area (Å²) in [7, 11) is 0. The Hall–Kier alpha value is 4.53. The normalized spacial score (nSPS) is 0. The second-order valence-corrected chi connectivity index (χ2v) is 0. The Labute approximate surface area is 148 Å². The van der Waals surface area contributed by atoms with Crippen LogP contribution in [0.3, 0.4) is 0 Å². The minimum absolute atomic E-state index is 0. The van der Waals surface area contributed by atoms with E-state index >= 15 is 0 Å². The molecule has 0 heterocycles. The molecule has 0 bridgehead atoms. The molecule has 8 heavy (non-hydrogen) atoms. The molecule has 0 amide bonds. The van der Waals surface area contributed by atoms with E-state index in [1.54, 1.807) is 0 Å². The third kappa shape index (κ3) is 46.6. The van der Waals surface area contributed by atoms with Gasteiger partial charge in [-0.1, -0.05) is 0 Å². The second kappa shape index (κ2) is 62.3. The van der Waals surface area contributed by atoms with Gasteiger partial charge in [-0.2, -0.15) is 0 Å². The Morgan fingerprint density at radius 1 is 0.375 bits per heavy atom. The summed E-state index contributed by atoms with van der Waals surface area (Å²) in [4.78, 5) is 0. The Balaban J connectivity index is 0. The summed E-state index contributed by atoms with van der Waals surface area (Å²) in [6.07, 6.45) is 0. The molecule has 59 valence electrons. The molecule has 8 heteroatoms. The van der Waals surface area contributed by atoms with Crippen LogP contribution in [0.25, 0.3) is 0 Å². The van der Waals surface area contributed by atoms with Crippen molar-refractivity contribution in [2.75, 3.05) is 0 Å². The first kappa shape index (κ1) is 81.2. The molecule has 0 aromatic carbocycles. The number of halogens is 6. The molecule has 0 nitrogen and oxygen atoms in total. The summed E-state index contributed by atoms with van der Waals surface area (Å²) in [5.74, 6) is 0. The van der Waals surface area contributed by atoms with Gasteiger partial charge in [0.05, 0.1) is 0 Å². The molecular formula is H7Br6IrNa. The molecule has 1 radical (unpaired) electrons. The van der Waals surface area contributed by atoms with Crippen molar-refractivity contribution in [1.82, 2.24) is 0 Å². The van der Waals surface area contributed by atoms with Crippen molar-refractivity contribution < 1.29 is 20.1 Å². The summed E-state index contributed by atoms with van der Waals surface area (Å²) < 4.78 is 0. The molecule has 0 saturated carbocycles. The van der Waals surface area contributed by atoms with Crippen LogP contribution in [-0.2, 0) is 20.1 Å². The Morgan fingerprint density at radius 2 is 0.375 bits per heavy atom. The molecule has 0 aromatic rings. The molecule has 0 N–H and O–H groups in total. The SMILES string of the molecule is Br.Br.Br.Br.Br.Br.[Ir].[NaH].